The van der Waals surface area contributed by atoms with Crippen LogP contribution in [0, 0.1) is 6.92 Å². The van der Waals surface area contributed by atoms with E-state index in [4.69, 9.17) is 0 Å². The zero-order chi connectivity index (χ0) is 23.3. The number of hydrogen-bond donors (Lipinski definition) is 1. The van der Waals surface area contributed by atoms with Gasteiger partial charge in [0.2, 0.25) is 21.1 Å². The minimum atomic E-state index is -3.51. The fraction of sp³-hybridized carbons (Fsp3) is 0.364. The molecule has 1 aliphatic heterocycles. The Morgan fingerprint density at radius 1 is 1.00 bits per heavy atom. The number of benzene rings is 2. The summed E-state index contributed by atoms with van der Waals surface area (Å²) in [7, 11) is -3.51. The maximum Gasteiger partial charge on any atom is 0.243 e. The topological polar surface area (TPSA) is 110 Å². The van der Waals surface area contributed by atoms with Crippen LogP contribution in [0.1, 0.15) is 31.2 Å². The molecule has 9 nitrogen and oxygen atoms in total. The van der Waals surface area contributed by atoms with E-state index in [9.17, 15) is 13.2 Å². The Balaban J connectivity index is 1.35. The lowest BCUT2D eigenvalue weighted by molar-refractivity contribution is -0.113. The molecule has 1 amide bonds. The van der Waals surface area contributed by atoms with Crippen LogP contribution in [0.2, 0.25) is 0 Å². The lowest BCUT2D eigenvalue weighted by Crippen LogP contribution is -2.31. The molecule has 1 aromatic heterocycles. The second-order valence-corrected chi connectivity index (χ2v) is 10.8. The fourth-order valence-corrected chi connectivity index (χ4v) is 5.79. The van der Waals surface area contributed by atoms with E-state index in [1.165, 1.54) is 11.8 Å². The van der Waals surface area contributed by atoms with Gasteiger partial charge in [-0.25, -0.2) is 8.42 Å². The Morgan fingerprint density at radius 2 is 1.67 bits per heavy atom. The Bertz CT molecular complexity index is 1190. The number of carbonyl (C=O) groups excluding carboxylic acids is 1. The molecule has 33 heavy (non-hydrogen) atoms. The van der Waals surface area contributed by atoms with Gasteiger partial charge in [-0.15, -0.1) is 5.10 Å². The maximum absolute atomic E-state index is 12.9. The Morgan fingerprint density at radius 3 is 2.33 bits per heavy atom. The molecule has 0 unspecified atom stereocenters. The van der Waals surface area contributed by atoms with Crippen LogP contribution in [0.3, 0.4) is 0 Å². The predicted octanol–water partition coefficient (Wildman–Crippen LogP) is 3.27. The van der Waals surface area contributed by atoms with Crippen molar-refractivity contribution < 1.29 is 13.2 Å². The number of carbonyl (C=O) groups is 1. The molecule has 0 aliphatic carbocycles. The van der Waals surface area contributed by atoms with Crippen molar-refractivity contribution in [3.05, 3.63) is 54.1 Å². The summed E-state index contributed by atoms with van der Waals surface area (Å²) in [5.74, 6) is -0.123. The maximum atomic E-state index is 12.9. The highest BCUT2D eigenvalue weighted by molar-refractivity contribution is 7.99. The van der Waals surface area contributed by atoms with Crippen LogP contribution < -0.4 is 5.32 Å². The molecule has 0 bridgehead atoms. The quantitative estimate of drug-likeness (QED) is 0.510. The Hall–Kier alpha value is -2.76. The number of tetrazole rings is 1. The van der Waals surface area contributed by atoms with Gasteiger partial charge in [0, 0.05) is 18.8 Å². The number of anilines is 1. The molecule has 1 aliphatic rings. The lowest BCUT2D eigenvalue weighted by Gasteiger charge is -2.20. The van der Waals surface area contributed by atoms with Gasteiger partial charge in [-0.3, -0.25) is 4.79 Å². The normalized spacial score (nSPS) is 15.2. The van der Waals surface area contributed by atoms with E-state index in [0.29, 0.717) is 23.9 Å². The summed E-state index contributed by atoms with van der Waals surface area (Å²) >= 11 is 1.22. The number of rotatable bonds is 7. The number of sulfonamides is 1. The first-order chi connectivity index (χ1) is 15.9. The molecule has 2 aromatic carbocycles. The Kier molecular flexibility index (Phi) is 7.41. The molecule has 11 heteroatoms. The fourth-order valence-electron chi connectivity index (χ4n) is 3.59. The summed E-state index contributed by atoms with van der Waals surface area (Å²) in [6.45, 7) is 3.11. The van der Waals surface area contributed by atoms with Crippen molar-refractivity contribution in [1.29, 1.82) is 0 Å². The van der Waals surface area contributed by atoms with E-state index < -0.39 is 10.0 Å². The lowest BCUT2D eigenvalue weighted by atomic mass is 10.2. The van der Waals surface area contributed by atoms with Crippen LogP contribution in [0.4, 0.5) is 5.69 Å². The highest BCUT2D eigenvalue weighted by atomic mass is 32.2. The monoisotopic (exact) mass is 486 g/mol. The van der Waals surface area contributed by atoms with Crippen LogP contribution in [0.25, 0.3) is 5.69 Å². The zero-order valence-corrected chi connectivity index (χ0v) is 20.0. The van der Waals surface area contributed by atoms with Gasteiger partial charge in [-0.2, -0.15) is 8.99 Å². The number of nitrogens with one attached hydrogen (secondary N) is 1. The van der Waals surface area contributed by atoms with Gasteiger partial charge in [0.15, 0.2) is 0 Å². The number of thioether (sulfide) groups is 1. The molecule has 1 saturated heterocycles. The van der Waals surface area contributed by atoms with Crippen molar-refractivity contribution in [1.82, 2.24) is 24.5 Å². The summed E-state index contributed by atoms with van der Waals surface area (Å²) in [4.78, 5) is 12.7. The minimum absolute atomic E-state index is 0.111. The first-order valence-electron chi connectivity index (χ1n) is 10.8. The summed E-state index contributed by atoms with van der Waals surface area (Å²) in [6, 6.07) is 14.1. The molecule has 0 atom stereocenters. The SMILES string of the molecule is Cc1ccc(-n2nnnc2SCC(=O)Nc2ccc(S(=O)(=O)N3CCCCCC3)cc2)cc1. The third-order valence-corrected chi connectivity index (χ3v) is 8.22. The van der Waals surface area contributed by atoms with Crippen LogP contribution in [0.15, 0.2) is 58.6 Å². The number of nitrogens with zero attached hydrogens (tertiary/aromatic N) is 5. The number of aromatic nitrogens is 4. The molecule has 174 valence electrons. The van der Waals surface area contributed by atoms with Crippen molar-refractivity contribution in [2.75, 3.05) is 24.2 Å². The Labute approximate surface area is 197 Å². The zero-order valence-electron chi connectivity index (χ0n) is 18.3. The van der Waals surface area contributed by atoms with Crippen molar-refractivity contribution in [2.24, 2.45) is 0 Å². The molecule has 1 N–H and O–H groups in total. The highest BCUT2D eigenvalue weighted by Crippen LogP contribution is 2.23. The number of amides is 1. The number of hydrogen-bond acceptors (Lipinski definition) is 7. The first kappa shape index (κ1) is 23.4. The first-order valence-corrected chi connectivity index (χ1v) is 13.2. The van der Waals surface area contributed by atoms with Crippen molar-refractivity contribution in [3.63, 3.8) is 0 Å². The van der Waals surface area contributed by atoms with Gasteiger partial charge in [-0.1, -0.05) is 42.3 Å². The van der Waals surface area contributed by atoms with E-state index in [0.717, 1.165) is 36.9 Å². The third-order valence-electron chi connectivity index (χ3n) is 5.39. The van der Waals surface area contributed by atoms with Gasteiger partial charge >= 0.3 is 0 Å². The van der Waals surface area contributed by atoms with Crippen LogP contribution in [-0.4, -0.2) is 57.7 Å². The summed E-state index contributed by atoms with van der Waals surface area (Å²) in [5.41, 5.74) is 2.48. The molecular weight excluding hydrogens is 460 g/mol. The van der Waals surface area contributed by atoms with Gasteiger partial charge in [0.25, 0.3) is 0 Å². The molecule has 0 radical (unpaired) electrons. The minimum Gasteiger partial charge on any atom is -0.325 e. The van der Waals surface area contributed by atoms with Gasteiger partial charge in [0.05, 0.1) is 16.3 Å². The largest absolute Gasteiger partial charge is 0.325 e. The molecule has 2 heterocycles. The van der Waals surface area contributed by atoms with E-state index in [1.807, 2.05) is 31.2 Å². The van der Waals surface area contributed by atoms with Crippen molar-refractivity contribution in [3.8, 4) is 5.69 Å². The third kappa shape index (κ3) is 5.79. The van der Waals surface area contributed by atoms with Crippen molar-refractivity contribution >= 4 is 33.4 Å². The molecule has 4 rings (SSSR count). The molecular formula is C22H26N6O3S2. The van der Waals surface area contributed by atoms with E-state index in [1.54, 1.807) is 33.3 Å². The summed E-state index contributed by atoms with van der Waals surface area (Å²) in [6.07, 6.45) is 3.90. The summed E-state index contributed by atoms with van der Waals surface area (Å²) < 4.78 is 28.9. The predicted molar refractivity (Wildman–Crippen MR) is 127 cm³/mol. The molecule has 1 fully saturated rings. The molecule has 3 aromatic rings. The second-order valence-electron chi connectivity index (χ2n) is 7.89. The highest BCUT2D eigenvalue weighted by Gasteiger charge is 2.25. The number of aryl methyl sites for hydroxylation is 1. The standard InChI is InChI=1S/C22H26N6O3S2/c1-17-6-10-19(11-7-17)28-22(24-25-26-28)32-16-21(29)23-18-8-12-20(13-9-18)33(30,31)27-14-4-2-3-5-15-27/h6-13H,2-5,14-16H2,1H3,(H,23,29). The molecule has 0 saturated carbocycles. The average Bonchev–Trinajstić information content (AvgIpc) is 3.10. The van der Waals surface area contributed by atoms with Gasteiger partial charge in [-0.05, 0) is 66.6 Å². The van der Waals surface area contributed by atoms with Gasteiger partial charge in [0.1, 0.15) is 0 Å². The van der Waals surface area contributed by atoms with Crippen LogP contribution in [0.5, 0.6) is 0 Å². The van der Waals surface area contributed by atoms with E-state index in [2.05, 4.69) is 20.8 Å². The smallest absolute Gasteiger partial charge is 0.243 e. The molecule has 0 spiro atoms. The van der Waals surface area contributed by atoms with E-state index in [-0.39, 0.29) is 16.6 Å². The second kappa shape index (κ2) is 10.4. The van der Waals surface area contributed by atoms with Crippen LogP contribution in [-0.2, 0) is 14.8 Å². The average molecular weight is 487 g/mol. The van der Waals surface area contributed by atoms with Gasteiger partial charge < -0.3 is 5.32 Å². The van der Waals surface area contributed by atoms with Crippen LogP contribution >= 0.6 is 11.8 Å². The van der Waals surface area contributed by atoms with Crippen molar-refractivity contribution in [2.45, 2.75) is 42.7 Å². The summed E-state index contributed by atoms with van der Waals surface area (Å²) in [5, 5.41) is 15.0. The van der Waals surface area contributed by atoms with E-state index >= 15 is 0 Å².